The van der Waals surface area contributed by atoms with Crippen molar-refractivity contribution in [1.29, 1.82) is 0 Å². The van der Waals surface area contributed by atoms with Crippen LogP contribution in [0.2, 0.25) is 5.54 Å². The maximum absolute atomic E-state index is 12.3. The molecular formula is C26H40BN3O4Si. The van der Waals surface area contributed by atoms with Gasteiger partial charge in [0.25, 0.3) is 0 Å². The lowest BCUT2D eigenvalue weighted by molar-refractivity contribution is 0.00578. The highest BCUT2D eigenvalue weighted by Gasteiger charge is 2.51. The average molecular weight is 498 g/mol. The van der Waals surface area contributed by atoms with Crippen LogP contribution in [0.4, 0.5) is 4.79 Å². The molecule has 1 aromatic rings. The zero-order valence-corrected chi connectivity index (χ0v) is 24.0. The molecule has 3 rings (SSSR count). The molecule has 9 heteroatoms. The van der Waals surface area contributed by atoms with Crippen molar-refractivity contribution < 1.29 is 18.8 Å². The molecular weight excluding hydrogens is 457 g/mol. The Hall–Kier alpha value is -2.10. The summed E-state index contributed by atoms with van der Waals surface area (Å²) in [5, 5.41) is 3.00. The van der Waals surface area contributed by atoms with Crippen molar-refractivity contribution in [3.05, 3.63) is 29.8 Å². The highest BCUT2D eigenvalue weighted by Crippen LogP contribution is 2.36. The lowest BCUT2D eigenvalue weighted by Gasteiger charge is -2.32. The van der Waals surface area contributed by atoms with Gasteiger partial charge in [0.05, 0.1) is 32.3 Å². The Bertz CT molecular complexity index is 1010. The molecule has 190 valence electrons. The third-order valence-electron chi connectivity index (χ3n) is 6.72. The van der Waals surface area contributed by atoms with Gasteiger partial charge >= 0.3 is 13.2 Å². The fraction of sp³-hybridized carbons (Fsp3) is 0.615. The number of carbonyl (C=O) groups is 1. The number of rotatable bonds is 6. The summed E-state index contributed by atoms with van der Waals surface area (Å²) < 4.78 is 17.7. The minimum Gasteiger partial charge on any atom is -0.444 e. The zero-order valence-electron chi connectivity index (χ0n) is 22.8. The van der Waals surface area contributed by atoms with Crippen molar-refractivity contribution in [3.8, 4) is 0 Å². The van der Waals surface area contributed by atoms with Crippen molar-refractivity contribution >= 4 is 45.1 Å². The smallest absolute Gasteiger partial charge is 0.444 e. The van der Waals surface area contributed by atoms with Crippen molar-refractivity contribution in [3.63, 3.8) is 0 Å². The Balaban J connectivity index is 1.70. The van der Waals surface area contributed by atoms with Crippen LogP contribution in [0.15, 0.2) is 34.3 Å². The zero-order chi connectivity index (χ0) is 26.2. The van der Waals surface area contributed by atoms with E-state index in [1.54, 1.807) is 0 Å². The average Bonchev–Trinajstić information content (AvgIpc) is 3.26. The molecule has 2 aliphatic rings. The number of nitrogens with zero attached hydrogens (tertiary/aromatic N) is 2. The van der Waals surface area contributed by atoms with E-state index in [0.717, 1.165) is 22.2 Å². The molecule has 1 N–H and O–H groups in total. The summed E-state index contributed by atoms with van der Waals surface area (Å²) in [7, 11) is -0.620. The third kappa shape index (κ3) is 6.77. The first kappa shape index (κ1) is 27.5. The van der Waals surface area contributed by atoms with E-state index in [1.165, 1.54) is 0 Å². The van der Waals surface area contributed by atoms with E-state index in [9.17, 15) is 4.79 Å². The van der Waals surface area contributed by atoms with E-state index < -0.39 is 5.60 Å². The van der Waals surface area contributed by atoms with Crippen molar-refractivity contribution in [2.45, 2.75) is 97.6 Å². The molecule has 0 bridgehead atoms. The third-order valence-corrected chi connectivity index (χ3v) is 9.03. The van der Waals surface area contributed by atoms with Crippen LogP contribution >= 0.6 is 0 Å². The molecule has 1 aromatic carbocycles. The van der Waals surface area contributed by atoms with Crippen molar-refractivity contribution in [1.82, 2.24) is 5.32 Å². The van der Waals surface area contributed by atoms with Gasteiger partial charge in [0, 0.05) is 11.6 Å². The molecule has 0 radical (unpaired) electrons. The minimum atomic E-state index is -0.522. The highest BCUT2D eigenvalue weighted by molar-refractivity contribution is 6.62. The number of aliphatic imine (C=N–C) groups is 2. The lowest BCUT2D eigenvalue weighted by Crippen LogP contribution is -2.41. The largest absolute Gasteiger partial charge is 0.494 e. The SMILES string of the molecule is CC(C)C([SiH]=C1N=CC(c2ccc(B3OC(C)(C)C(C)(C)O3)cc2)=N1)C(C)NC(=O)OC(C)(C)C. The van der Waals surface area contributed by atoms with Crippen LogP contribution in [-0.4, -0.2) is 62.5 Å². The number of hydrogen-bond acceptors (Lipinski definition) is 6. The predicted molar refractivity (Wildman–Crippen MR) is 147 cm³/mol. The summed E-state index contributed by atoms with van der Waals surface area (Å²) in [6.45, 7) is 20.2. The van der Waals surface area contributed by atoms with Crippen LogP contribution in [0, 0.1) is 5.92 Å². The number of hydrogen-bond donors (Lipinski definition) is 1. The summed E-state index contributed by atoms with van der Waals surface area (Å²) in [5.74, 6) is 0.371. The molecule has 0 spiro atoms. The standard InChI is InChI=1S/C26H40BN3O4Si/c1-16(2)21(17(3)29-23(31)32-24(4,5)6)35-22-28-15-20(30-22)18-11-13-19(14-12-18)27-33-25(7,8)26(9,10)34-27/h11-17,21,35H,1-10H3,(H,29,31). The maximum Gasteiger partial charge on any atom is 0.494 e. The molecule has 0 saturated carbocycles. The Morgan fingerprint density at radius 1 is 1.06 bits per heavy atom. The van der Waals surface area contributed by atoms with E-state index >= 15 is 0 Å². The molecule has 1 amide bonds. The number of carbonyl (C=O) groups excluding carboxylic acids is 1. The maximum atomic E-state index is 12.3. The molecule has 0 aliphatic carbocycles. The van der Waals surface area contributed by atoms with Crippen molar-refractivity contribution in [2.75, 3.05) is 0 Å². The lowest BCUT2D eigenvalue weighted by atomic mass is 9.78. The van der Waals surface area contributed by atoms with Gasteiger partial charge in [-0.25, -0.2) is 14.8 Å². The second-order valence-corrected chi connectivity index (χ2v) is 13.4. The molecule has 1 saturated heterocycles. The molecule has 2 aliphatic heterocycles. The van der Waals surface area contributed by atoms with Crippen LogP contribution in [-0.2, 0) is 14.0 Å². The topological polar surface area (TPSA) is 81.5 Å². The highest BCUT2D eigenvalue weighted by atomic mass is 28.2. The minimum absolute atomic E-state index is 0.0407. The number of ether oxygens (including phenoxy) is 1. The number of amides is 1. The molecule has 2 atom stereocenters. The van der Waals surface area contributed by atoms with Gasteiger partial charge in [0.15, 0.2) is 0 Å². The summed E-state index contributed by atoms with van der Waals surface area (Å²) in [6, 6.07) is 8.10. The Morgan fingerprint density at radius 2 is 1.63 bits per heavy atom. The van der Waals surface area contributed by atoms with Crippen LogP contribution in [0.25, 0.3) is 0 Å². The van der Waals surface area contributed by atoms with Crippen LogP contribution < -0.4 is 10.8 Å². The van der Waals surface area contributed by atoms with Crippen molar-refractivity contribution in [2.24, 2.45) is 15.9 Å². The van der Waals surface area contributed by atoms with Gasteiger partial charge in [-0.15, -0.1) is 0 Å². The van der Waals surface area contributed by atoms with Gasteiger partial charge in [-0.2, -0.15) is 0 Å². The van der Waals surface area contributed by atoms with E-state index in [4.69, 9.17) is 19.0 Å². The van der Waals surface area contributed by atoms with Gasteiger partial charge in [-0.1, -0.05) is 38.1 Å². The number of benzene rings is 1. The summed E-state index contributed by atoms with van der Waals surface area (Å²) in [4.78, 5) is 21.7. The second kappa shape index (κ2) is 10.1. The van der Waals surface area contributed by atoms with Gasteiger partial charge < -0.3 is 19.4 Å². The van der Waals surface area contributed by atoms with E-state index in [2.05, 4.69) is 51.9 Å². The molecule has 7 nitrogen and oxygen atoms in total. The summed E-state index contributed by atoms with van der Waals surface area (Å²) in [6.07, 6.45) is 1.44. The summed E-state index contributed by atoms with van der Waals surface area (Å²) >= 11 is 0. The monoisotopic (exact) mass is 497 g/mol. The van der Waals surface area contributed by atoms with E-state index in [1.807, 2.05) is 58.2 Å². The quantitative estimate of drug-likeness (QED) is 0.608. The Morgan fingerprint density at radius 3 is 2.14 bits per heavy atom. The first-order valence-electron chi connectivity index (χ1n) is 12.4. The molecule has 0 aromatic heterocycles. The Labute approximate surface area is 212 Å². The molecule has 35 heavy (non-hydrogen) atoms. The van der Waals surface area contributed by atoms with Gasteiger partial charge in [-0.05, 0) is 72.3 Å². The predicted octanol–water partition coefficient (Wildman–Crippen LogP) is 3.74. The van der Waals surface area contributed by atoms with Crippen LogP contribution in [0.3, 0.4) is 0 Å². The van der Waals surface area contributed by atoms with Crippen LogP contribution in [0.5, 0.6) is 0 Å². The second-order valence-electron chi connectivity index (χ2n) is 11.7. The molecule has 1 fully saturated rings. The fourth-order valence-corrected chi connectivity index (χ4v) is 5.48. The van der Waals surface area contributed by atoms with Gasteiger partial charge in [0.2, 0.25) is 0 Å². The van der Waals surface area contributed by atoms with Gasteiger partial charge in [-0.3, -0.25) is 0 Å². The van der Waals surface area contributed by atoms with Gasteiger partial charge in [0.1, 0.15) is 11.0 Å². The van der Waals surface area contributed by atoms with E-state index in [0.29, 0.717) is 5.92 Å². The number of alkyl carbamates (subject to hydrolysis) is 1. The number of nitrogens with one attached hydrogen (secondary N) is 1. The normalized spacial score (nSPS) is 21.9. The molecule has 2 unspecified atom stereocenters. The first-order valence-corrected chi connectivity index (χ1v) is 13.6. The Kier molecular flexibility index (Phi) is 7.94. The molecule has 2 heterocycles. The first-order chi connectivity index (χ1) is 16.1. The summed E-state index contributed by atoms with van der Waals surface area (Å²) in [5.41, 5.74) is 2.69. The van der Waals surface area contributed by atoms with Crippen LogP contribution in [0.1, 0.15) is 74.8 Å². The fourth-order valence-electron chi connectivity index (χ4n) is 3.99. The van der Waals surface area contributed by atoms with E-state index in [-0.39, 0.29) is 45.1 Å².